The van der Waals surface area contributed by atoms with Crippen molar-refractivity contribution in [2.75, 3.05) is 26.2 Å². The molecule has 1 aliphatic heterocycles. The van der Waals surface area contributed by atoms with E-state index in [2.05, 4.69) is 36.2 Å². The van der Waals surface area contributed by atoms with Crippen molar-refractivity contribution in [3.8, 4) is 0 Å². The summed E-state index contributed by atoms with van der Waals surface area (Å²) in [6.45, 7) is 8.59. The smallest absolute Gasteiger partial charge is 0.252 e. The number of carbonyl (C=O) groups excluding carboxylic acids is 1. The van der Waals surface area contributed by atoms with Crippen LogP contribution in [-0.4, -0.2) is 49.7 Å². The van der Waals surface area contributed by atoms with E-state index in [0.29, 0.717) is 19.6 Å². The Bertz CT molecular complexity index is 964. The van der Waals surface area contributed by atoms with Crippen LogP contribution in [0.4, 0.5) is 0 Å². The molecule has 2 aromatic rings. The number of piperidine rings is 1. The molecule has 1 aliphatic rings. The molecule has 1 saturated heterocycles. The van der Waals surface area contributed by atoms with Crippen LogP contribution in [0.2, 0.25) is 0 Å². The van der Waals surface area contributed by atoms with Crippen LogP contribution in [0.5, 0.6) is 0 Å². The molecule has 0 unspecified atom stereocenters. The lowest BCUT2D eigenvalue weighted by atomic mass is 10.1. The van der Waals surface area contributed by atoms with Crippen LogP contribution in [0.1, 0.15) is 54.6 Å². The molecule has 3 rings (SSSR count). The number of sulfonamides is 1. The highest BCUT2D eigenvalue weighted by Crippen LogP contribution is 2.23. The Balaban J connectivity index is 1.67. The number of amides is 1. The molecule has 0 aliphatic carbocycles. The second kappa shape index (κ2) is 10.9. The second-order valence-corrected chi connectivity index (χ2v) is 9.83. The fourth-order valence-corrected chi connectivity index (χ4v) is 5.58. The van der Waals surface area contributed by atoms with Crippen molar-refractivity contribution in [3.63, 3.8) is 0 Å². The van der Waals surface area contributed by atoms with Gasteiger partial charge in [0, 0.05) is 26.2 Å². The van der Waals surface area contributed by atoms with Gasteiger partial charge in [0.25, 0.3) is 5.91 Å². The van der Waals surface area contributed by atoms with Gasteiger partial charge in [0.2, 0.25) is 10.0 Å². The van der Waals surface area contributed by atoms with Crippen LogP contribution in [0.25, 0.3) is 0 Å². The number of hydrogen-bond donors (Lipinski definition) is 1. The van der Waals surface area contributed by atoms with Crippen LogP contribution >= 0.6 is 0 Å². The zero-order valence-electron chi connectivity index (χ0n) is 18.5. The van der Waals surface area contributed by atoms with E-state index in [1.807, 2.05) is 12.1 Å². The SMILES string of the molecule is CCN(CC)Cc1ccc(CNC(=O)c2ccccc2S(=O)(=O)N2CCCCC2)cc1. The Morgan fingerprint density at radius 2 is 1.55 bits per heavy atom. The second-order valence-electron chi connectivity index (χ2n) is 7.92. The zero-order valence-corrected chi connectivity index (χ0v) is 19.3. The van der Waals surface area contributed by atoms with E-state index in [4.69, 9.17) is 0 Å². The van der Waals surface area contributed by atoms with Crippen LogP contribution in [-0.2, 0) is 23.1 Å². The van der Waals surface area contributed by atoms with Crippen molar-refractivity contribution in [3.05, 3.63) is 65.2 Å². The van der Waals surface area contributed by atoms with E-state index in [0.717, 1.165) is 44.5 Å². The summed E-state index contributed by atoms with van der Waals surface area (Å²) in [5.74, 6) is -0.372. The third-order valence-electron chi connectivity index (χ3n) is 5.84. The molecule has 1 fully saturated rings. The molecule has 6 nitrogen and oxygen atoms in total. The molecule has 0 radical (unpaired) electrons. The van der Waals surface area contributed by atoms with Gasteiger partial charge in [-0.1, -0.05) is 56.7 Å². The van der Waals surface area contributed by atoms with E-state index < -0.39 is 10.0 Å². The van der Waals surface area contributed by atoms with Gasteiger partial charge in [-0.05, 0) is 49.2 Å². The van der Waals surface area contributed by atoms with E-state index in [9.17, 15) is 13.2 Å². The Morgan fingerprint density at radius 3 is 2.19 bits per heavy atom. The average molecular weight is 444 g/mol. The maximum Gasteiger partial charge on any atom is 0.252 e. The normalized spacial score (nSPS) is 15.2. The first-order valence-corrected chi connectivity index (χ1v) is 12.6. The minimum Gasteiger partial charge on any atom is -0.348 e. The number of benzene rings is 2. The minimum absolute atomic E-state index is 0.0870. The third kappa shape index (κ3) is 5.93. The molecule has 7 heteroatoms. The van der Waals surface area contributed by atoms with Crippen LogP contribution in [0.3, 0.4) is 0 Å². The van der Waals surface area contributed by atoms with Gasteiger partial charge < -0.3 is 5.32 Å². The van der Waals surface area contributed by atoms with Crippen molar-refractivity contribution in [2.45, 2.75) is 51.1 Å². The number of nitrogens with one attached hydrogen (secondary N) is 1. The topological polar surface area (TPSA) is 69.7 Å². The molecule has 1 heterocycles. The van der Waals surface area contributed by atoms with Gasteiger partial charge in [-0.2, -0.15) is 4.31 Å². The molecule has 31 heavy (non-hydrogen) atoms. The summed E-state index contributed by atoms with van der Waals surface area (Å²) >= 11 is 0. The predicted molar refractivity (Wildman–Crippen MR) is 123 cm³/mol. The largest absolute Gasteiger partial charge is 0.348 e. The summed E-state index contributed by atoms with van der Waals surface area (Å²) in [6, 6.07) is 14.7. The highest BCUT2D eigenvalue weighted by atomic mass is 32.2. The van der Waals surface area contributed by atoms with Crippen LogP contribution in [0, 0.1) is 0 Å². The maximum absolute atomic E-state index is 13.1. The van der Waals surface area contributed by atoms with E-state index in [1.54, 1.807) is 18.2 Å². The summed E-state index contributed by atoms with van der Waals surface area (Å²) in [4.78, 5) is 15.3. The average Bonchev–Trinajstić information content (AvgIpc) is 2.82. The van der Waals surface area contributed by atoms with Gasteiger partial charge in [0.05, 0.1) is 10.5 Å². The summed E-state index contributed by atoms with van der Waals surface area (Å²) < 4.78 is 27.7. The van der Waals surface area contributed by atoms with Crippen molar-refractivity contribution in [1.29, 1.82) is 0 Å². The minimum atomic E-state index is -3.68. The van der Waals surface area contributed by atoms with Crippen molar-refractivity contribution in [2.24, 2.45) is 0 Å². The molecule has 0 atom stereocenters. The van der Waals surface area contributed by atoms with E-state index in [-0.39, 0.29) is 16.4 Å². The molecule has 168 valence electrons. The zero-order chi connectivity index (χ0) is 22.3. The molecule has 2 aromatic carbocycles. The number of hydrogen-bond acceptors (Lipinski definition) is 4. The molecule has 0 spiro atoms. The first-order valence-electron chi connectivity index (χ1n) is 11.1. The van der Waals surface area contributed by atoms with Gasteiger partial charge in [-0.15, -0.1) is 0 Å². The summed E-state index contributed by atoms with van der Waals surface area (Å²) in [6.07, 6.45) is 2.76. The lowest BCUT2D eigenvalue weighted by Gasteiger charge is -2.26. The molecule has 1 N–H and O–H groups in total. The Kier molecular flexibility index (Phi) is 8.23. The molecule has 0 bridgehead atoms. The van der Waals surface area contributed by atoms with Gasteiger partial charge >= 0.3 is 0 Å². The lowest BCUT2D eigenvalue weighted by molar-refractivity contribution is 0.0947. The summed E-state index contributed by atoms with van der Waals surface area (Å²) in [7, 11) is -3.68. The fraction of sp³-hybridized carbons (Fsp3) is 0.458. The van der Waals surface area contributed by atoms with Gasteiger partial charge in [-0.3, -0.25) is 9.69 Å². The van der Waals surface area contributed by atoms with Crippen molar-refractivity contribution in [1.82, 2.24) is 14.5 Å². The summed E-state index contributed by atoms with van der Waals surface area (Å²) in [5.41, 5.74) is 2.41. The highest BCUT2D eigenvalue weighted by Gasteiger charge is 2.29. The quantitative estimate of drug-likeness (QED) is 0.643. The van der Waals surface area contributed by atoms with Crippen molar-refractivity contribution < 1.29 is 13.2 Å². The Labute approximate surface area is 186 Å². The van der Waals surface area contributed by atoms with Gasteiger partial charge in [-0.25, -0.2) is 8.42 Å². The van der Waals surface area contributed by atoms with Gasteiger partial charge in [0.1, 0.15) is 0 Å². The first kappa shape index (κ1) is 23.4. The number of carbonyl (C=O) groups is 1. The molecule has 0 saturated carbocycles. The standard InChI is InChI=1S/C24H33N3O3S/c1-3-26(4-2)19-21-14-12-20(13-15-21)18-25-24(28)22-10-6-7-11-23(22)31(29,30)27-16-8-5-9-17-27/h6-7,10-15H,3-5,8-9,16-19H2,1-2H3,(H,25,28). The molecule has 0 aromatic heterocycles. The third-order valence-corrected chi connectivity index (χ3v) is 7.80. The monoisotopic (exact) mass is 443 g/mol. The lowest BCUT2D eigenvalue weighted by Crippen LogP contribution is -2.37. The van der Waals surface area contributed by atoms with E-state index in [1.165, 1.54) is 15.9 Å². The van der Waals surface area contributed by atoms with E-state index >= 15 is 0 Å². The summed E-state index contributed by atoms with van der Waals surface area (Å²) in [5, 5.41) is 2.88. The van der Waals surface area contributed by atoms with Gasteiger partial charge in [0.15, 0.2) is 0 Å². The molecular formula is C24H33N3O3S. The highest BCUT2D eigenvalue weighted by molar-refractivity contribution is 7.89. The Morgan fingerprint density at radius 1 is 0.935 bits per heavy atom. The number of rotatable bonds is 9. The predicted octanol–water partition coefficient (Wildman–Crippen LogP) is 3.63. The molecular weight excluding hydrogens is 410 g/mol. The maximum atomic E-state index is 13.1. The number of nitrogens with zero attached hydrogens (tertiary/aromatic N) is 2. The van der Waals surface area contributed by atoms with Crippen molar-refractivity contribution >= 4 is 15.9 Å². The Hall–Kier alpha value is -2.22. The van der Waals surface area contributed by atoms with Crippen LogP contribution < -0.4 is 5.32 Å². The molecule has 1 amide bonds. The van der Waals surface area contributed by atoms with Crippen LogP contribution in [0.15, 0.2) is 53.4 Å². The first-order chi connectivity index (χ1) is 15.0. The fourth-order valence-electron chi connectivity index (χ4n) is 3.87.